The minimum Gasteiger partial charge on any atom is -0.324 e. The Morgan fingerprint density at radius 1 is 1.47 bits per heavy atom. The van der Waals surface area contributed by atoms with Gasteiger partial charge in [-0.1, -0.05) is 26.3 Å². The van der Waals surface area contributed by atoms with Crippen LogP contribution in [0.3, 0.4) is 0 Å². The van der Waals surface area contributed by atoms with Gasteiger partial charge in [-0.3, -0.25) is 0 Å². The lowest BCUT2D eigenvalue weighted by Crippen LogP contribution is -2.19. The van der Waals surface area contributed by atoms with Crippen LogP contribution in [0.15, 0.2) is 22.7 Å². The van der Waals surface area contributed by atoms with E-state index in [9.17, 15) is 4.39 Å². The van der Waals surface area contributed by atoms with Crippen LogP contribution in [-0.2, 0) is 0 Å². The molecule has 2 atom stereocenters. The normalized spacial score (nSPS) is 15.0. The molecule has 0 fully saturated rings. The standard InChI is InChI=1S/C12H17BrFN/c1-3-4-8(2)12(15)9-5-6-10(13)11(14)7-9/h5-8,12H,3-4,15H2,1-2H3. The van der Waals surface area contributed by atoms with Crippen LogP contribution in [0.2, 0.25) is 0 Å². The molecule has 0 bridgehead atoms. The number of hydrogen-bond donors (Lipinski definition) is 1. The van der Waals surface area contributed by atoms with Crippen LogP contribution >= 0.6 is 15.9 Å². The largest absolute Gasteiger partial charge is 0.324 e. The predicted molar refractivity (Wildman–Crippen MR) is 65.1 cm³/mol. The van der Waals surface area contributed by atoms with Crippen molar-refractivity contribution in [1.82, 2.24) is 0 Å². The van der Waals surface area contributed by atoms with Crippen molar-refractivity contribution in [2.24, 2.45) is 11.7 Å². The summed E-state index contributed by atoms with van der Waals surface area (Å²) in [6, 6.07) is 5.03. The maximum Gasteiger partial charge on any atom is 0.137 e. The third kappa shape index (κ3) is 3.28. The first kappa shape index (κ1) is 12.7. The molecule has 0 aromatic heterocycles. The van der Waals surface area contributed by atoms with Crippen molar-refractivity contribution in [3.63, 3.8) is 0 Å². The lowest BCUT2D eigenvalue weighted by atomic mass is 9.92. The van der Waals surface area contributed by atoms with E-state index in [0.29, 0.717) is 10.4 Å². The third-order valence-electron chi connectivity index (χ3n) is 2.69. The second-order valence-electron chi connectivity index (χ2n) is 3.97. The average Bonchev–Trinajstić information content (AvgIpc) is 2.21. The lowest BCUT2D eigenvalue weighted by Gasteiger charge is -2.19. The van der Waals surface area contributed by atoms with Gasteiger partial charge < -0.3 is 5.73 Å². The first-order chi connectivity index (χ1) is 7.06. The second kappa shape index (κ2) is 5.61. The number of nitrogens with two attached hydrogens (primary N) is 1. The molecule has 3 heteroatoms. The molecule has 0 spiro atoms. The summed E-state index contributed by atoms with van der Waals surface area (Å²) in [5.41, 5.74) is 6.93. The Kier molecular flexibility index (Phi) is 4.74. The molecule has 1 rings (SSSR count). The summed E-state index contributed by atoms with van der Waals surface area (Å²) < 4.78 is 13.8. The Balaban J connectivity index is 2.81. The monoisotopic (exact) mass is 273 g/mol. The predicted octanol–water partition coefficient (Wildman–Crippen LogP) is 4.02. The third-order valence-corrected chi connectivity index (χ3v) is 3.33. The highest BCUT2D eigenvalue weighted by molar-refractivity contribution is 9.10. The first-order valence-corrected chi connectivity index (χ1v) is 6.06. The van der Waals surface area contributed by atoms with E-state index in [4.69, 9.17) is 5.73 Å². The molecule has 0 heterocycles. The SMILES string of the molecule is CCCC(C)C(N)c1ccc(Br)c(F)c1. The summed E-state index contributed by atoms with van der Waals surface area (Å²) in [5, 5.41) is 0. The Hall–Kier alpha value is -0.410. The summed E-state index contributed by atoms with van der Waals surface area (Å²) in [7, 11) is 0. The van der Waals surface area contributed by atoms with Crippen LogP contribution in [0.5, 0.6) is 0 Å². The molecule has 0 aliphatic heterocycles. The maximum atomic E-state index is 13.3. The fraction of sp³-hybridized carbons (Fsp3) is 0.500. The van der Waals surface area contributed by atoms with E-state index in [1.165, 1.54) is 6.07 Å². The van der Waals surface area contributed by atoms with Gasteiger partial charge in [0.25, 0.3) is 0 Å². The molecule has 1 nitrogen and oxygen atoms in total. The molecule has 0 radical (unpaired) electrons. The van der Waals surface area contributed by atoms with Crippen LogP contribution in [0, 0.1) is 11.7 Å². The van der Waals surface area contributed by atoms with Crippen molar-refractivity contribution in [2.45, 2.75) is 32.7 Å². The topological polar surface area (TPSA) is 26.0 Å². The maximum absolute atomic E-state index is 13.3. The van der Waals surface area contributed by atoms with Crippen LogP contribution in [0.1, 0.15) is 38.3 Å². The zero-order chi connectivity index (χ0) is 11.4. The fourth-order valence-electron chi connectivity index (χ4n) is 1.68. The molecule has 2 N–H and O–H groups in total. The van der Waals surface area contributed by atoms with E-state index in [-0.39, 0.29) is 11.9 Å². The van der Waals surface area contributed by atoms with Crippen molar-refractivity contribution in [1.29, 1.82) is 0 Å². The fourth-order valence-corrected chi connectivity index (χ4v) is 1.93. The van der Waals surface area contributed by atoms with Gasteiger partial charge in [-0.05, 0) is 46.0 Å². The highest BCUT2D eigenvalue weighted by Crippen LogP contribution is 2.26. The van der Waals surface area contributed by atoms with E-state index in [1.807, 2.05) is 6.07 Å². The highest BCUT2D eigenvalue weighted by Gasteiger charge is 2.15. The molecule has 1 aromatic carbocycles. The van der Waals surface area contributed by atoms with Gasteiger partial charge in [0.2, 0.25) is 0 Å². The number of hydrogen-bond acceptors (Lipinski definition) is 1. The molecule has 0 saturated carbocycles. The quantitative estimate of drug-likeness (QED) is 0.881. The van der Waals surface area contributed by atoms with Crippen LogP contribution in [0.4, 0.5) is 4.39 Å². The summed E-state index contributed by atoms with van der Waals surface area (Å²) >= 11 is 3.13. The van der Waals surface area contributed by atoms with E-state index >= 15 is 0 Å². The van der Waals surface area contributed by atoms with E-state index in [1.54, 1.807) is 6.07 Å². The van der Waals surface area contributed by atoms with Crippen LogP contribution in [-0.4, -0.2) is 0 Å². The molecule has 15 heavy (non-hydrogen) atoms. The zero-order valence-electron chi connectivity index (χ0n) is 9.13. The van der Waals surface area contributed by atoms with Gasteiger partial charge in [-0.15, -0.1) is 0 Å². The van der Waals surface area contributed by atoms with Gasteiger partial charge in [0.15, 0.2) is 0 Å². The van der Waals surface area contributed by atoms with Gasteiger partial charge in [-0.25, -0.2) is 4.39 Å². The Morgan fingerprint density at radius 2 is 2.13 bits per heavy atom. The van der Waals surface area contributed by atoms with Crippen molar-refractivity contribution in [3.05, 3.63) is 34.1 Å². The van der Waals surface area contributed by atoms with Gasteiger partial charge in [0.05, 0.1) is 4.47 Å². The average molecular weight is 274 g/mol. The van der Waals surface area contributed by atoms with Crippen molar-refractivity contribution in [2.75, 3.05) is 0 Å². The minimum absolute atomic E-state index is 0.0763. The van der Waals surface area contributed by atoms with Crippen molar-refractivity contribution in [3.8, 4) is 0 Å². The van der Waals surface area contributed by atoms with E-state index < -0.39 is 0 Å². The number of halogens is 2. The molecule has 0 aliphatic rings. The van der Waals surface area contributed by atoms with E-state index in [0.717, 1.165) is 18.4 Å². The molecule has 2 unspecified atom stereocenters. The number of benzene rings is 1. The highest BCUT2D eigenvalue weighted by atomic mass is 79.9. The van der Waals surface area contributed by atoms with Gasteiger partial charge in [0.1, 0.15) is 5.82 Å². The molecule has 1 aromatic rings. The Bertz CT molecular complexity index is 327. The second-order valence-corrected chi connectivity index (χ2v) is 4.82. The Labute approximate surface area is 99.0 Å². The van der Waals surface area contributed by atoms with Gasteiger partial charge in [0, 0.05) is 6.04 Å². The van der Waals surface area contributed by atoms with Gasteiger partial charge in [-0.2, -0.15) is 0 Å². The van der Waals surface area contributed by atoms with Crippen LogP contribution < -0.4 is 5.73 Å². The van der Waals surface area contributed by atoms with Crippen LogP contribution in [0.25, 0.3) is 0 Å². The summed E-state index contributed by atoms with van der Waals surface area (Å²) in [6.07, 6.45) is 2.17. The smallest absolute Gasteiger partial charge is 0.137 e. The number of rotatable bonds is 4. The summed E-state index contributed by atoms with van der Waals surface area (Å²) in [5.74, 6) is 0.141. The van der Waals surface area contributed by atoms with Crippen molar-refractivity contribution < 1.29 is 4.39 Å². The molecular formula is C12H17BrFN. The summed E-state index contributed by atoms with van der Waals surface area (Å²) in [6.45, 7) is 4.24. The lowest BCUT2D eigenvalue weighted by molar-refractivity contribution is 0.432. The Morgan fingerprint density at radius 3 is 2.67 bits per heavy atom. The first-order valence-electron chi connectivity index (χ1n) is 5.26. The van der Waals surface area contributed by atoms with E-state index in [2.05, 4.69) is 29.8 Å². The molecule has 0 amide bonds. The molecule has 0 aliphatic carbocycles. The molecular weight excluding hydrogens is 257 g/mol. The zero-order valence-corrected chi connectivity index (χ0v) is 10.7. The molecule has 84 valence electrons. The molecule has 0 saturated heterocycles. The summed E-state index contributed by atoms with van der Waals surface area (Å²) in [4.78, 5) is 0. The van der Waals surface area contributed by atoms with Crippen molar-refractivity contribution >= 4 is 15.9 Å². The minimum atomic E-state index is -0.244. The van der Waals surface area contributed by atoms with Gasteiger partial charge >= 0.3 is 0 Å².